The van der Waals surface area contributed by atoms with Crippen LogP contribution in [0.4, 0.5) is 4.79 Å². The van der Waals surface area contributed by atoms with E-state index in [1.807, 2.05) is 24.3 Å². The summed E-state index contributed by atoms with van der Waals surface area (Å²) in [6, 6.07) is 7.52. The zero-order valence-corrected chi connectivity index (χ0v) is 12.4. The van der Waals surface area contributed by atoms with Gasteiger partial charge < -0.3 is 20.8 Å². The summed E-state index contributed by atoms with van der Waals surface area (Å²) >= 11 is 0. The van der Waals surface area contributed by atoms with Gasteiger partial charge in [-0.15, -0.1) is 0 Å². The normalized spacial score (nSPS) is 23.4. The molecule has 5 nitrogen and oxygen atoms in total. The molecule has 21 heavy (non-hydrogen) atoms. The van der Waals surface area contributed by atoms with Gasteiger partial charge in [0, 0.05) is 12.6 Å². The Hall–Kier alpha value is -1.59. The molecular formula is C16H24N2O3. The van der Waals surface area contributed by atoms with E-state index >= 15 is 0 Å². The highest BCUT2D eigenvalue weighted by molar-refractivity contribution is 5.74. The van der Waals surface area contributed by atoms with E-state index in [0.717, 1.165) is 36.8 Å². The summed E-state index contributed by atoms with van der Waals surface area (Å²) in [4.78, 5) is 11.8. The minimum absolute atomic E-state index is 0.158. The van der Waals surface area contributed by atoms with Gasteiger partial charge in [0.25, 0.3) is 0 Å². The van der Waals surface area contributed by atoms with Gasteiger partial charge in [0.1, 0.15) is 0 Å². The maximum Gasteiger partial charge on any atom is 0.315 e. The van der Waals surface area contributed by atoms with Crippen molar-refractivity contribution in [2.75, 3.05) is 0 Å². The van der Waals surface area contributed by atoms with Crippen LogP contribution in [0.5, 0.6) is 0 Å². The standard InChI is InChI=1S/C16H24N2O3/c1-11(19)13-4-2-12(3-5-13)10-17-16(21)18-14-6-8-15(20)9-7-14/h2-5,11,14-15,19-20H,6-10H2,1H3,(H2,17,18,21)/t11-,14?,15?/m1/s1. The summed E-state index contributed by atoms with van der Waals surface area (Å²) in [6.07, 6.45) is 2.49. The van der Waals surface area contributed by atoms with Gasteiger partial charge in [0.2, 0.25) is 0 Å². The molecular weight excluding hydrogens is 268 g/mol. The number of hydrogen-bond donors (Lipinski definition) is 4. The molecule has 0 radical (unpaired) electrons. The molecule has 1 atom stereocenters. The second kappa shape index (κ2) is 7.43. The van der Waals surface area contributed by atoms with Crippen LogP contribution in [0, 0.1) is 0 Å². The van der Waals surface area contributed by atoms with E-state index < -0.39 is 6.10 Å². The van der Waals surface area contributed by atoms with E-state index in [4.69, 9.17) is 0 Å². The lowest BCUT2D eigenvalue weighted by Crippen LogP contribution is -2.43. The lowest BCUT2D eigenvalue weighted by Gasteiger charge is -2.26. The first-order valence-electron chi connectivity index (χ1n) is 7.54. The fourth-order valence-electron chi connectivity index (χ4n) is 2.55. The number of nitrogens with one attached hydrogen (secondary N) is 2. The van der Waals surface area contributed by atoms with Gasteiger partial charge in [-0.1, -0.05) is 24.3 Å². The minimum Gasteiger partial charge on any atom is -0.393 e. The molecule has 0 aromatic heterocycles. The van der Waals surface area contributed by atoms with Gasteiger partial charge >= 0.3 is 6.03 Å². The summed E-state index contributed by atoms with van der Waals surface area (Å²) < 4.78 is 0. The number of carbonyl (C=O) groups excluding carboxylic acids is 1. The largest absolute Gasteiger partial charge is 0.393 e. The van der Waals surface area contributed by atoms with Crippen molar-refractivity contribution in [1.29, 1.82) is 0 Å². The molecule has 0 spiro atoms. The van der Waals surface area contributed by atoms with Crippen molar-refractivity contribution < 1.29 is 15.0 Å². The first kappa shape index (κ1) is 15.8. The van der Waals surface area contributed by atoms with Gasteiger partial charge in [0.15, 0.2) is 0 Å². The highest BCUT2D eigenvalue weighted by Gasteiger charge is 2.20. The Kier molecular flexibility index (Phi) is 5.59. The van der Waals surface area contributed by atoms with Crippen LogP contribution in [-0.4, -0.2) is 28.4 Å². The molecule has 2 rings (SSSR count). The first-order valence-corrected chi connectivity index (χ1v) is 7.54. The zero-order chi connectivity index (χ0) is 15.2. The summed E-state index contributed by atoms with van der Waals surface area (Å²) in [7, 11) is 0. The SMILES string of the molecule is C[C@@H](O)c1ccc(CNC(=O)NC2CCC(O)CC2)cc1. The number of carbonyl (C=O) groups is 1. The molecule has 1 aliphatic rings. The lowest BCUT2D eigenvalue weighted by atomic mass is 9.93. The van der Waals surface area contributed by atoms with E-state index in [1.54, 1.807) is 6.92 Å². The van der Waals surface area contributed by atoms with Crippen molar-refractivity contribution in [3.63, 3.8) is 0 Å². The van der Waals surface area contributed by atoms with Crippen LogP contribution in [0.25, 0.3) is 0 Å². The molecule has 1 fully saturated rings. The molecule has 2 amide bonds. The third-order valence-corrected chi connectivity index (χ3v) is 3.95. The molecule has 5 heteroatoms. The summed E-state index contributed by atoms with van der Waals surface area (Å²) in [5.41, 5.74) is 1.86. The van der Waals surface area contributed by atoms with E-state index in [-0.39, 0.29) is 18.2 Å². The van der Waals surface area contributed by atoms with E-state index in [2.05, 4.69) is 10.6 Å². The van der Waals surface area contributed by atoms with Crippen LogP contribution in [0.15, 0.2) is 24.3 Å². The Morgan fingerprint density at radius 1 is 1.24 bits per heavy atom. The predicted octanol–water partition coefficient (Wildman–Crippen LogP) is 1.84. The third kappa shape index (κ3) is 5.02. The molecule has 116 valence electrons. The Morgan fingerprint density at radius 3 is 2.43 bits per heavy atom. The van der Waals surface area contributed by atoms with Crippen LogP contribution >= 0.6 is 0 Å². The van der Waals surface area contributed by atoms with Crippen molar-refractivity contribution in [2.45, 2.75) is 57.4 Å². The summed E-state index contributed by atoms with van der Waals surface area (Å²) in [5.74, 6) is 0. The Morgan fingerprint density at radius 2 is 1.86 bits per heavy atom. The van der Waals surface area contributed by atoms with Crippen molar-refractivity contribution >= 4 is 6.03 Å². The summed E-state index contributed by atoms with van der Waals surface area (Å²) in [5, 5.41) is 24.6. The molecule has 0 unspecified atom stereocenters. The molecule has 0 heterocycles. The van der Waals surface area contributed by atoms with E-state index in [1.165, 1.54) is 0 Å². The van der Waals surface area contributed by atoms with Gasteiger partial charge in [-0.3, -0.25) is 0 Å². The lowest BCUT2D eigenvalue weighted by molar-refractivity contribution is 0.117. The van der Waals surface area contributed by atoms with Crippen LogP contribution in [0.2, 0.25) is 0 Å². The van der Waals surface area contributed by atoms with Crippen LogP contribution < -0.4 is 10.6 Å². The number of amides is 2. The zero-order valence-electron chi connectivity index (χ0n) is 12.4. The fourth-order valence-corrected chi connectivity index (χ4v) is 2.55. The average Bonchev–Trinajstić information content (AvgIpc) is 2.48. The smallest absolute Gasteiger partial charge is 0.315 e. The van der Waals surface area contributed by atoms with Crippen molar-refractivity contribution in [3.05, 3.63) is 35.4 Å². The van der Waals surface area contributed by atoms with E-state index in [9.17, 15) is 15.0 Å². The Bertz CT molecular complexity index is 451. The topological polar surface area (TPSA) is 81.6 Å². The van der Waals surface area contributed by atoms with E-state index in [0.29, 0.717) is 6.54 Å². The van der Waals surface area contributed by atoms with Crippen LogP contribution in [0.1, 0.15) is 49.8 Å². The number of aliphatic hydroxyl groups excluding tert-OH is 2. The number of aliphatic hydroxyl groups is 2. The molecule has 0 aliphatic heterocycles. The third-order valence-electron chi connectivity index (χ3n) is 3.95. The molecule has 1 aliphatic carbocycles. The number of benzene rings is 1. The quantitative estimate of drug-likeness (QED) is 0.683. The van der Waals surface area contributed by atoms with Crippen LogP contribution in [-0.2, 0) is 6.54 Å². The predicted molar refractivity (Wildman–Crippen MR) is 80.7 cm³/mol. The molecule has 1 saturated carbocycles. The number of urea groups is 1. The molecule has 0 saturated heterocycles. The second-order valence-electron chi connectivity index (χ2n) is 5.75. The number of hydrogen-bond acceptors (Lipinski definition) is 3. The second-order valence-corrected chi connectivity index (χ2v) is 5.75. The van der Waals surface area contributed by atoms with Crippen molar-refractivity contribution in [3.8, 4) is 0 Å². The van der Waals surface area contributed by atoms with Crippen molar-refractivity contribution in [1.82, 2.24) is 10.6 Å². The van der Waals surface area contributed by atoms with Gasteiger partial charge in [-0.05, 0) is 43.7 Å². The summed E-state index contributed by atoms with van der Waals surface area (Å²) in [6.45, 7) is 2.18. The van der Waals surface area contributed by atoms with Gasteiger partial charge in [0.05, 0.1) is 12.2 Å². The van der Waals surface area contributed by atoms with Crippen LogP contribution in [0.3, 0.4) is 0 Å². The fraction of sp³-hybridized carbons (Fsp3) is 0.562. The molecule has 1 aromatic carbocycles. The minimum atomic E-state index is -0.475. The molecule has 1 aromatic rings. The highest BCUT2D eigenvalue weighted by atomic mass is 16.3. The molecule has 0 bridgehead atoms. The maximum atomic E-state index is 11.8. The molecule has 4 N–H and O–H groups in total. The Labute approximate surface area is 125 Å². The number of rotatable bonds is 4. The average molecular weight is 292 g/mol. The highest BCUT2D eigenvalue weighted by Crippen LogP contribution is 2.18. The maximum absolute atomic E-state index is 11.8. The van der Waals surface area contributed by atoms with Crippen molar-refractivity contribution in [2.24, 2.45) is 0 Å². The first-order chi connectivity index (χ1) is 10.0. The monoisotopic (exact) mass is 292 g/mol. The Balaban J connectivity index is 1.73. The van der Waals surface area contributed by atoms with Gasteiger partial charge in [-0.2, -0.15) is 0 Å². The van der Waals surface area contributed by atoms with Gasteiger partial charge in [-0.25, -0.2) is 4.79 Å².